The van der Waals surface area contributed by atoms with Gasteiger partial charge in [0.05, 0.1) is 27.5 Å². The highest BCUT2D eigenvalue weighted by atomic mass is 35.5. The fourth-order valence-corrected chi connectivity index (χ4v) is 2.44. The summed E-state index contributed by atoms with van der Waals surface area (Å²) in [5, 5.41) is 6.58. The minimum absolute atomic E-state index is 0.328. The minimum Gasteiger partial charge on any atom is -0.354 e. The van der Waals surface area contributed by atoms with Crippen molar-refractivity contribution < 1.29 is 9.18 Å². The largest absolute Gasteiger partial charge is 0.354 e. The molecule has 0 aliphatic heterocycles. The maximum absolute atomic E-state index is 13.2. The Morgan fingerprint density at radius 2 is 1.76 bits per heavy atom. The number of carbonyl (C=O) groups is 1. The zero-order valence-corrected chi connectivity index (χ0v) is 14.3. The second-order valence-electron chi connectivity index (χ2n) is 5.18. The van der Waals surface area contributed by atoms with Crippen LogP contribution >= 0.6 is 23.2 Å². The van der Waals surface area contributed by atoms with Gasteiger partial charge in [-0.2, -0.15) is 0 Å². The van der Waals surface area contributed by atoms with Crippen LogP contribution in [0.25, 0.3) is 0 Å². The summed E-state index contributed by atoms with van der Waals surface area (Å²) >= 11 is 11.9. The zero-order chi connectivity index (χ0) is 17.8. The number of pyridine rings is 1. The van der Waals surface area contributed by atoms with Crippen LogP contribution in [0.15, 0.2) is 60.9 Å². The highest BCUT2D eigenvalue weighted by Gasteiger charge is 2.09. The molecule has 1 heterocycles. The molecule has 1 aromatic heterocycles. The van der Waals surface area contributed by atoms with Crippen molar-refractivity contribution >= 4 is 46.2 Å². The number of hydrogen-bond donors (Lipinski definition) is 2. The summed E-state index contributed by atoms with van der Waals surface area (Å²) in [6.07, 6.45) is 3.00. The van der Waals surface area contributed by atoms with Crippen LogP contribution in [-0.2, 0) is 0 Å². The number of nitrogens with one attached hydrogen (secondary N) is 2. The summed E-state index contributed by atoms with van der Waals surface area (Å²) < 4.78 is 13.2. The summed E-state index contributed by atoms with van der Waals surface area (Å²) in [5.74, 6) is -0.818. The predicted molar refractivity (Wildman–Crippen MR) is 98.3 cm³/mol. The van der Waals surface area contributed by atoms with Crippen LogP contribution in [0.5, 0.6) is 0 Å². The third-order valence-electron chi connectivity index (χ3n) is 3.29. The van der Waals surface area contributed by atoms with E-state index in [1.807, 2.05) is 0 Å². The normalized spacial score (nSPS) is 10.4. The Morgan fingerprint density at radius 1 is 0.920 bits per heavy atom. The summed E-state index contributed by atoms with van der Waals surface area (Å²) in [6.45, 7) is 0. The highest BCUT2D eigenvalue weighted by Crippen LogP contribution is 2.27. The Bertz CT molecular complexity index is 934. The predicted octanol–water partition coefficient (Wildman–Crippen LogP) is 5.52. The van der Waals surface area contributed by atoms with Crippen LogP contribution in [0.1, 0.15) is 10.4 Å². The number of carbonyl (C=O) groups excluding carboxylic acids is 1. The molecule has 0 atom stereocenters. The SMILES string of the molecule is O=C(Nc1cccc(F)c1)c1cncc(Nc2ccc(Cl)c(Cl)c2)c1. The van der Waals surface area contributed by atoms with Gasteiger partial charge in [-0.3, -0.25) is 9.78 Å². The van der Waals surface area contributed by atoms with Gasteiger partial charge in [0.2, 0.25) is 0 Å². The second-order valence-corrected chi connectivity index (χ2v) is 6.00. The van der Waals surface area contributed by atoms with Gasteiger partial charge in [0.1, 0.15) is 5.82 Å². The first kappa shape index (κ1) is 17.2. The third kappa shape index (κ3) is 4.47. The molecule has 4 nitrogen and oxygen atoms in total. The molecule has 2 aromatic carbocycles. The number of anilines is 3. The van der Waals surface area contributed by atoms with Crippen LogP contribution in [0.4, 0.5) is 21.5 Å². The lowest BCUT2D eigenvalue weighted by molar-refractivity contribution is 0.102. The topological polar surface area (TPSA) is 54.0 Å². The molecule has 3 aromatic rings. The van der Waals surface area contributed by atoms with Gasteiger partial charge in [-0.05, 0) is 42.5 Å². The molecule has 2 N–H and O–H groups in total. The lowest BCUT2D eigenvalue weighted by Crippen LogP contribution is -2.12. The van der Waals surface area contributed by atoms with Gasteiger partial charge in [0.15, 0.2) is 0 Å². The average molecular weight is 376 g/mol. The van der Waals surface area contributed by atoms with E-state index in [2.05, 4.69) is 15.6 Å². The first-order valence-corrected chi connectivity index (χ1v) is 8.01. The monoisotopic (exact) mass is 375 g/mol. The average Bonchev–Trinajstić information content (AvgIpc) is 2.58. The standard InChI is InChI=1S/C18H12Cl2FN3O/c19-16-5-4-14(8-17(16)20)23-15-6-11(9-22-10-15)18(25)24-13-3-1-2-12(21)7-13/h1-10,23H,(H,24,25). The maximum Gasteiger partial charge on any atom is 0.257 e. The summed E-state index contributed by atoms with van der Waals surface area (Å²) in [7, 11) is 0. The zero-order valence-electron chi connectivity index (χ0n) is 12.8. The van der Waals surface area contributed by atoms with Crippen LogP contribution in [-0.4, -0.2) is 10.9 Å². The van der Waals surface area contributed by atoms with Crippen molar-refractivity contribution in [3.63, 3.8) is 0 Å². The molecule has 25 heavy (non-hydrogen) atoms. The lowest BCUT2D eigenvalue weighted by Gasteiger charge is -2.09. The number of aromatic nitrogens is 1. The molecule has 1 amide bonds. The Morgan fingerprint density at radius 3 is 2.52 bits per heavy atom. The molecule has 0 bridgehead atoms. The Labute approximate surface area is 153 Å². The number of amides is 1. The molecule has 7 heteroatoms. The van der Waals surface area contributed by atoms with E-state index in [1.54, 1.807) is 36.5 Å². The van der Waals surface area contributed by atoms with Gasteiger partial charge in [0.25, 0.3) is 5.91 Å². The molecule has 0 spiro atoms. The second kappa shape index (κ2) is 7.51. The Balaban J connectivity index is 1.76. The van der Waals surface area contributed by atoms with Crippen molar-refractivity contribution in [2.45, 2.75) is 0 Å². The molecule has 0 unspecified atom stereocenters. The number of halogens is 3. The highest BCUT2D eigenvalue weighted by molar-refractivity contribution is 6.42. The van der Waals surface area contributed by atoms with E-state index in [0.717, 1.165) is 0 Å². The first-order chi connectivity index (χ1) is 12.0. The molecular formula is C18H12Cl2FN3O. The van der Waals surface area contributed by atoms with E-state index >= 15 is 0 Å². The molecule has 3 rings (SSSR count). The van der Waals surface area contributed by atoms with Crippen molar-refractivity contribution in [3.05, 3.63) is 82.4 Å². The van der Waals surface area contributed by atoms with Crippen molar-refractivity contribution in [1.29, 1.82) is 0 Å². The maximum atomic E-state index is 13.2. The third-order valence-corrected chi connectivity index (χ3v) is 4.03. The van der Waals surface area contributed by atoms with Crippen molar-refractivity contribution in [1.82, 2.24) is 4.98 Å². The molecule has 0 aliphatic carbocycles. The fourth-order valence-electron chi connectivity index (χ4n) is 2.14. The van der Waals surface area contributed by atoms with E-state index in [-0.39, 0.29) is 0 Å². The number of benzene rings is 2. The molecule has 0 aliphatic rings. The number of hydrogen-bond acceptors (Lipinski definition) is 3. The van der Waals surface area contributed by atoms with Gasteiger partial charge in [-0.15, -0.1) is 0 Å². The van der Waals surface area contributed by atoms with Crippen LogP contribution in [0.3, 0.4) is 0 Å². The summed E-state index contributed by atoms with van der Waals surface area (Å²) in [5.41, 5.74) is 2.01. The quantitative estimate of drug-likeness (QED) is 0.630. The number of nitrogens with zero attached hydrogens (tertiary/aromatic N) is 1. The van der Waals surface area contributed by atoms with E-state index < -0.39 is 11.7 Å². The van der Waals surface area contributed by atoms with Crippen molar-refractivity contribution in [2.75, 3.05) is 10.6 Å². The van der Waals surface area contributed by atoms with Crippen molar-refractivity contribution in [3.8, 4) is 0 Å². The van der Waals surface area contributed by atoms with Crippen LogP contribution < -0.4 is 10.6 Å². The van der Waals surface area contributed by atoms with Gasteiger partial charge in [-0.25, -0.2) is 4.39 Å². The molecule has 0 radical (unpaired) electrons. The van der Waals surface area contributed by atoms with Gasteiger partial charge >= 0.3 is 0 Å². The smallest absolute Gasteiger partial charge is 0.257 e. The molecular weight excluding hydrogens is 364 g/mol. The Kier molecular flexibility index (Phi) is 5.16. The summed E-state index contributed by atoms with van der Waals surface area (Å²) in [4.78, 5) is 16.3. The van der Waals surface area contributed by atoms with Gasteiger partial charge in [-0.1, -0.05) is 29.3 Å². The first-order valence-electron chi connectivity index (χ1n) is 7.25. The fraction of sp³-hybridized carbons (Fsp3) is 0. The summed E-state index contributed by atoms with van der Waals surface area (Å²) in [6, 6.07) is 12.4. The van der Waals surface area contributed by atoms with E-state index in [0.29, 0.717) is 32.7 Å². The van der Waals surface area contributed by atoms with Gasteiger partial charge < -0.3 is 10.6 Å². The van der Waals surface area contributed by atoms with E-state index in [1.165, 1.54) is 24.4 Å². The van der Waals surface area contributed by atoms with E-state index in [4.69, 9.17) is 23.2 Å². The molecule has 126 valence electrons. The Hall–Kier alpha value is -2.63. The van der Waals surface area contributed by atoms with Gasteiger partial charge in [0, 0.05) is 17.6 Å². The van der Waals surface area contributed by atoms with Crippen LogP contribution in [0, 0.1) is 5.82 Å². The van der Waals surface area contributed by atoms with Crippen molar-refractivity contribution in [2.24, 2.45) is 0 Å². The van der Waals surface area contributed by atoms with Crippen LogP contribution in [0.2, 0.25) is 10.0 Å². The molecule has 0 saturated carbocycles. The molecule has 0 fully saturated rings. The number of rotatable bonds is 4. The lowest BCUT2D eigenvalue weighted by atomic mass is 10.2. The van der Waals surface area contributed by atoms with E-state index in [9.17, 15) is 9.18 Å². The molecule has 0 saturated heterocycles. The minimum atomic E-state index is -0.425.